The monoisotopic (exact) mass is 317 g/mol. The molecule has 1 aliphatic heterocycles. The van der Waals surface area contributed by atoms with Gasteiger partial charge in [-0.05, 0) is 31.9 Å². The summed E-state index contributed by atoms with van der Waals surface area (Å²) in [6.45, 7) is 2.67. The maximum absolute atomic E-state index is 12.4. The largest absolute Gasteiger partial charge is 0.433 e. The second kappa shape index (κ2) is 6.51. The van der Waals surface area contributed by atoms with Crippen LogP contribution in [0.4, 0.5) is 23.7 Å². The van der Waals surface area contributed by atoms with Crippen LogP contribution < -0.4 is 5.32 Å². The van der Waals surface area contributed by atoms with Gasteiger partial charge in [0.25, 0.3) is 0 Å². The van der Waals surface area contributed by atoms with E-state index in [1.165, 1.54) is 6.07 Å². The second-order valence-electron chi connectivity index (χ2n) is 5.45. The fourth-order valence-electron chi connectivity index (χ4n) is 2.43. The van der Waals surface area contributed by atoms with Gasteiger partial charge in [-0.25, -0.2) is 9.78 Å². The number of pyridine rings is 1. The molecule has 0 aliphatic carbocycles. The molecule has 2 heterocycles. The number of hydrogen-bond donors (Lipinski definition) is 2. The summed E-state index contributed by atoms with van der Waals surface area (Å²) in [5.74, 6) is 0.0187. The standard InChI is InChI=1S/C14H18F3N3O2/c1-9(21)10-3-2-6-20(8-10)13(22)19-11-4-5-12(18-7-11)14(15,16)17/h4-5,7,9-10,21H,2-3,6,8H2,1H3,(H,19,22). The van der Waals surface area contributed by atoms with Gasteiger partial charge in [0.1, 0.15) is 5.69 Å². The Bertz CT molecular complexity index is 517. The molecular formula is C14H18F3N3O2. The first-order chi connectivity index (χ1) is 10.3. The van der Waals surface area contributed by atoms with Gasteiger partial charge in [0, 0.05) is 19.0 Å². The Balaban J connectivity index is 1.97. The summed E-state index contributed by atoms with van der Waals surface area (Å²) in [7, 11) is 0. The van der Waals surface area contributed by atoms with E-state index in [0.717, 1.165) is 25.1 Å². The van der Waals surface area contributed by atoms with Crippen molar-refractivity contribution < 1.29 is 23.1 Å². The van der Waals surface area contributed by atoms with Gasteiger partial charge in [-0.1, -0.05) is 0 Å². The number of aliphatic hydroxyl groups excluding tert-OH is 1. The highest BCUT2D eigenvalue weighted by Crippen LogP contribution is 2.28. The summed E-state index contributed by atoms with van der Waals surface area (Å²) in [6.07, 6.45) is -2.38. The zero-order chi connectivity index (χ0) is 16.3. The number of carbonyl (C=O) groups excluding carboxylic acids is 1. The number of urea groups is 1. The number of amides is 2. The Hall–Kier alpha value is -1.83. The second-order valence-corrected chi connectivity index (χ2v) is 5.45. The van der Waals surface area contributed by atoms with Crippen molar-refractivity contribution in [1.82, 2.24) is 9.88 Å². The fourth-order valence-corrected chi connectivity index (χ4v) is 2.43. The highest BCUT2D eigenvalue weighted by molar-refractivity contribution is 5.89. The zero-order valence-electron chi connectivity index (χ0n) is 12.1. The Labute approximate surface area is 126 Å². The van der Waals surface area contributed by atoms with E-state index in [4.69, 9.17) is 0 Å². The third-order valence-corrected chi connectivity index (χ3v) is 3.73. The minimum absolute atomic E-state index is 0.0187. The lowest BCUT2D eigenvalue weighted by atomic mass is 9.94. The molecule has 22 heavy (non-hydrogen) atoms. The molecule has 0 saturated carbocycles. The van der Waals surface area contributed by atoms with Crippen molar-refractivity contribution in [3.05, 3.63) is 24.0 Å². The van der Waals surface area contributed by atoms with E-state index in [0.29, 0.717) is 13.1 Å². The summed E-state index contributed by atoms with van der Waals surface area (Å²) >= 11 is 0. The van der Waals surface area contributed by atoms with Crippen LogP contribution >= 0.6 is 0 Å². The van der Waals surface area contributed by atoms with Crippen molar-refractivity contribution >= 4 is 11.7 Å². The molecule has 1 aromatic heterocycles. The van der Waals surface area contributed by atoms with Crippen LogP contribution in [0.15, 0.2) is 18.3 Å². The molecule has 122 valence electrons. The summed E-state index contributed by atoms with van der Waals surface area (Å²) in [6, 6.07) is 1.60. The SMILES string of the molecule is CC(O)C1CCCN(C(=O)Nc2ccc(C(F)(F)F)nc2)C1. The molecule has 2 unspecified atom stereocenters. The smallest absolute Gasteiger partial charge is 0.393 e. The normalized spacial score (nSPS) is 20.6. The lowest BCUT2D eigenvalue weighted by Crippen LogP contribution is -2.44. The van der Waals surface area contributed by atoms with Crippen molar-refractivity contribution in [2.45, 2.75) is 32.0 Å². The number of anilines is 1. The Kier molecular flexibility index (Phi) is 4.90. The maximum atomic E-state index is 12.4. The van der Waals surface area contributed by atoms with Crippen LogP contribution in [0.5, 0.6) is 0 Å². The van der Waals surface area contributed by atoms with Crippen molar-refractivity contribution in [2.24, 2.45) is 5.92 Å². The lowest BCUT2D eigenvalue weighted by Gasteiger charge is -2.34. The van der Waals surface area contributed by atoms with E-state index in [1.807, 2.05) is 0 Å². The summed E-state index contributed by atoms with van der Waals surface area (Å²) in [5.41, 5.74) is -0.796. The Morgan fingerprint density at radius 2 is 2.23 bits per heavy atom. The van der Waals surface area contributed by atoms with Crippen LogP contribution in [0.25, 0.3) is 0 Å². The van der Waals surface area contributed by atoms with Gasteiger partial charge in [0.15, 0.2) is 0 Å². The molecule has 0 radical (unpaired) electrons. The number of hydrogen-bond acceptors (Lipinski definition) is 3. The number of aromatic nitrogens is 1. The van der Waals surface area contributed by atoms with E-state index in [2.05, 4.69) is 10.3 Å². The molecule has 1 aliphatic rings. The first kappa shape index (κ1) is 16.5. The van der Waals surface area contributed by atoms with Crippen LogP contribution in [0.3, 0.4) is 0 Å². The number of nitrogens with zero attached hydrogens (tertiary/aromatic N) is 2. The molecule has 2 atom stereocenters. The van der Waals surface area contributed by atoms with Crippen LogP contribution in [0.2, 0.25) is 0 Å². The molecule has 1 aromatic rings. The van der Waals surface area contributed by atoms with Crippen molar-refractivity contribution in [3.63, 3.8) is 0 Å². The number of piperidine rings is 1. The summed E-state index contributed by atoms with van der Waals surface area (Å²) in [5, 5.41) is 12.1. The van der Waals surface area contributed by atoms with Gasteiger partial charge in [-0.2, -0.15) is 13.2 Å². The molecular weight excluding hydrogens is 299 g/mol. The van der Waals surface area contributed by atoms with Crippen molar-refractivity contribution in [1.29, 1.82) is 0 Å². The quantitative estimate of drug-likeness (QED) is 0.881. The van der Waals surface area contributed by atoms with Gasteiger partial charge in [0.2, 0.25) is 0 Å². The van der Waals surface area contributed by atoms with Gasteiger partial charge in [0.05, 0.1) is 18.0 Å². The number of alkyl halides is 3. The van der Waals surface area contributed by atoms with E-state index < -0.39 is 24.0 Å². The number of rotatable bonds is 2. The van der Waals surface area contributed by atoms with Crippen LogP contribution in [0.1, 0.15) is 25.5 Å². The molecule has 2 N–H and O–H groups in total. The number of likely N-dealkylation sites (tertiary alicyclic amines) is 1. The predicted octanol–water partition coefficient (Wildman–Crippen LogP) is 2.73. The minimum atomic E-state index is -4.50. The number of aliphatic hydroxyl groups is 1. The van der Waals surface area contributed by atoms with E-state index in [-0.39, 0.29) is 11.6 Å². The third-order valence-electron chi connectivity index (χ3n) is 3.73. The fraction of sp³-hybridized carbons (Fsp3) is 0.571. The molecule has 2 rings (SSSR count). The van der Waals surface area contributed by atoms with Gasteiger partial charge in [-0.15, -0.1) is 0 Å². The first-order valence-corrected chi connectivity index (χ1v) is 7.04. The molecule has 0 spiro atoms. The first-order valence-electron chi connectivity index (χ1n) is 7.04. The molecule has 1 fully saturated rings. The average molecular weight is 317 g/mol. The van der Waals surface area contributed by atoms with Crippen molar-refractivity contribution in [3.8, 4) is 0 Å². The van der Waals surface area contributed by atoms with E-state index >= 15 is 0 Å². The lowest BCUT2D eigenvalue weighted by molar-refractivity contribution is -0.141. The zero-order valence-corrected chi connectivity index (χ0v) is 12.1. The summed E-state index contributed by atoms with van der Waals surface area (Å²) in [4.78, 5) is 16.9. The summed E-state index contributed by atoms with van der Waals surface area (Å²) < 4.78 is 37.2. The highest BCUT2D eigenvalue weighted by atomic mass is 19.4. The van der Waals surface area contributed by atoms with E-state index in [9.17, 15) is 23.1 Å². The average Bonchev–Trinajstić information content (AvgIpc) is 2.47. The maximum Gasteiger partial charge on any atom is 0.433 e. The van der Waals surface area contributed by atoms with Crippen LogP contribution in [0, 0.1) is 5.92 Å². The Morgan fingerprint density at radius 3 is 2.77 bits per heavy atom. The van der Waals surface area contributed by atoms with Gasteiger partial charge < -0.3 is 15.3 Å². The topological polar surface area (TPSA) is 65.5 Å². The minimum Gasteiger partial charge on any atom is -0.393 e. The molecule has 1 saturated heterocycles. The third kappa shape index (κ3) is 4.09. The van der Waals surface area contributed by atoms with Crippen molar-refractivity contribution in [2.75, 3.05) is 18.4 Å². The molecule has 0 aromatic carbocycles. The van der Waals surface area contributed by atoms with E-state index in [1.54, 1.807) is 11.8 Å². The van der Waals surface area contributed by atoms with Crippen LogP contribution in [-0.4, -0.2) is 40.2 Å². The molecule has 5 nitrogen and oxygen atoms in total. The van der Waals surface area contributed by atoms with Gasteiger partial charge in [-0.3, -0.25) is 0 Å². The van der Waals surface area contributed by atoms with Crippen LogP contribution in [-0.2, 0) is 6.18 Å². The number of carbonyl (C=O) groups is 1. The predicted molar refractivity (Wildman–Crippen MR) is 74.2 cm³/mol. The highest BCUT2D eigenvalue weighted by Gasteiger charge is 2.32. The van der Waals surface area contributed by atoms with Gasteiger partial charge >= 0.3 is 12.2 Å². The number of nitrogens with one attached hydrogen (secondary N) is 1. The Morgan fingerprint density at radius 1 is 1.50 bits per heavy atom. The molecule has 0 bridgehead atoms. The number of halogens is 3. The molecule has 2 amide bonds. The molecule has 8 heteroatoms.